The predicted octanol–water partition coefficient (Wildman–Crippen LogP) is 2.34. The molecule has 1 heterocycles. The highest BCUT2D eigenvalue weighted by Gasteiger charge is 2.17. The number of hydrogen-bond acceptors (Lipinski definition) is 4. The van der Waals surface area contributed by atoms with Crippen molar-refractivity contribution in [3.8, 4) is 0 Å². The maximum absolute atomic E-state index is 12.0. The molecule has 0 spiro atoms. The molecule has 0 bridgehead atoms. The van der Waals surface area contributed by atoms with Crippen molar-refractivity contribution in [3.05, 3.63) is 17.5 Å². The van der Waals surface area contributed by atoms with Crippen LogP contribution in [0.15, 0.2) is 15.6 Å². The van der Waals surface area contributed by atoms with Gasteiger partial charge in [-0.3, -0.25) is 9.79 Å². The summed E-state index contributed by atoms with van der Waals surface area (Å²) in [6.45, 7) is 10.7. The first-order chi connectivity index (χ1) is 10.6. The average Bonchev–Trinajstić information content (AvgIpc) is 2.86. The number of aliphatic imine (C=N–C) groups is 1. The molecule has 7 nitrogen and oxygen atoms in total. The zero-order valence-corrected chi connectivity index (χ0v) is 18.0. The van der Waals surface area contributed by atoms with Gasteiger partial charge >= 0.3 is 0 Å². The first-order valence-corrected chi connectivity index (χ1v) is 7.80. The minimum absolute atomic E-state index is 0. The number of carbonyl (C=O) groups excluding carboxylic acids is 1. The lowest BCUT2D eigenvalue weighted by Gasteiger charge is -2.25. The molecule has 1 rings (SSSR count). The lowest BCUT2D eigenvalue weighted by atomic mass is 10.1. The maximum Gasteiger partial charge on any atom is 0.240 e. The average molecular weight is 451 g/mol. The van der Waals surface area contributed by atoms with Gasteiger partial charge in [0, 0.05) is 25.7 Å². The molecule has 0 aliphatic rings. The number of rotatable bonds is 5. The molecular weight excluding hydrogens is 421 g/mol. The summed E-state index contributed by atoms with van der Waals surface area (Å²) >= 11 is 0. The minimum Gasteiger partial charge on any atom is -0.359 e. The molecular formula is C16H30IN5O2. The zero-order valence-electron chi connectivity index (χ0n) is 15.6. The summed E-state index contributed by atoms with van der Waals surface area (Å²) < 4.78 is 5.28. The third-order valence-corrected chi connectivity index (χ3v) is 3.06. The van der Waals surface area contributed by atoms with Crippen LogP contribution in [0.25, 0.3) is 0 Å². The first kappa shape index (κ1) is 22.7. The van der Waals surface area contributed by atoms with Crippen molar-refractivity contribution in [2.75, 3.05) is 20.6 Å². The van der Waals surface area contributed by atoms with E-state index in [1.54, 1.807) is 11.9 Å². The van der Waals surface area contributed by atoms with E-state index < -0.39 is 0 Å². The smallest absolute Gasteiger partial charge is 0.240 e. The molecule has 1 aromatic heterocycles. The van der Waals surface area contributed by atoms with Crippen molar-refractivity contribution < 1.29 is 9.32 Å². The molecule has 0 saturated heterocycles. The quantitative estimate of drug-likeness (QED) is 0.408. The van der Waals surface area contributed by atoms with Crippen molar-refractivity contribution >= 4 is 35.8 Å². The highest BCUT2D eigenvalue weighted by atomic mass is 127. The number of amides is 1. The third-order valence-electron chi connectivity index (χ3n) is 3.06. The summed E-state index contributed by atoms with van der Waals surface area (Å²) in [5.74, 6) is 1.64. The zero-order chi connectivity index (χ0) is 17.6. The number of carbonyl (C=O) groups is 1. The van der Waals surface area contributed by atoms with E-state index in [0.29, 0.717) is 18.4 Å². The molecule has 0 aliphatic carbocycles. The van der Waals surface area contributed by atoms with Crippen LogP contribution in [-0.2, 0) is 11.3 Å². The monoisotopic (exact) mass is 451 g/mol. The van der Waals surface area contributed by atoms with E-state index in [9.17, 15) is 4.79 Å². The van der Waals surface area contributed by atoms with Gasteiger partial charge in [-0.05, 0) is 26.7 Å². The van der Waals surface area contributed by atoms with E-state index in [4.69, 9.17) is 4.52 Å². The standard InChI is InChI=1S/C16H29N5O2.HI/c1-11(2)13-8-12(23-20-13)9-18-15(17-6)21(7)10-14(22)19-16(3,4)5;/h8,11H,9-10H2,1-7H3,(H,17,18)(H,19,22);1H. The number of guanidine groups is 1. The lowest BCUT2D eigenvalue weighted by Crippen LogP contribution is -2.48. The van der Waals surface area contributed by atoms with Crippen molar-refractivity contribution in [2.45, 2.75) is 52.6 Å². The Labute approximate surface area is 161 Å². The fourth-order valence-corrected chi connectivity index (χ4v) is 1.98. The van der Waals surface area contributed by atoms with Crippen LogP contribution in [0.4, 0.5) is 0 Å². The molecule has 2 N–H and O–H groups in total. The molecule has 0 aromatic carbocycles. The number of hydrogen-bond donors (Lipinski definition) is 2. The Balaban J connectivity index is 0.00000529. The summed E-state index contributed by atoms with van der Waals surface area (Å²) in [5.41, 5.74) is 0.678. The molecule has 0 saturated carbocycles. The number of likely N-dealkylation sites (N-methyl/N-ethyl adjacent to an activating group) is 1. The summed E-state index contributed by atoms with van der Waals surface area (Å²) in [5, 5.41) is 10.1. The highest BCUT2D eigenvalue weighted by molar-refractivity contribution is 14.0. The summed E-state index contributed by atoms with van der Waals surface area (Å²) in [6.07, 6.45) is 0. The van der Waals surface area contributed by atoms with E-state index in [1.165, 1.54) is 0 Å². The first-order valence-electron chi connectivity index (χ1n) is 7.80. The molecule has 24 heavy (non-hydrogen) atoms. The lowest BCUT2D eigenvalue weighted by molar-refractivity contribution is -0.122. The number of aromatic nitrogens is 1. The Morgan fingerprint density at radius 2 is 2.04 bits per heavy atom. The van der Waals surface area contributed by atoms with Gasteiger partial charge in [0.25, 0.3) is 0 Å². The fraction of sp³-hybridized carbons (Fsp3) is 0.688. The Hall–Kier alpha value is -1.32. The second-order valence-electron chi connectivity index (χ2n) is 6.93. The Morgan fingerprint density at radius 1 is 1.42 bits per heavy atom. The Bertz CT molecular complexity index is 549. The van der Waals surface area contributed by atoms with Crippen molar-refractivity contribution in [1.82, 2.24) is 20.7 Å². The molecule has 0 unspecified atom stereocenters. The van der Waals surface area contributed by atoms with Crippen LogP contribution in [0.2, 0.25) is 0 Å². The summed E-state index contributed by atoms with van der Waals surface area (Å²) in [7, 11) is 3.50. The number of halogens is 1. The van der Waals surface area contributed by atoms with Gasteiger partial charge in [-0.25, -0.2) is 0 Å². The molecule has 0 fully saturated rings. The summed E-state index contributed by atoms with van der Waals surface area (Å²) in [6, 6.07) is 1.93. The Morgan fingerprint density at radius 3 is 2.50 bits per heavy atom. The van der Waals surface area contributed by atoms with Crippen LogP contribution >= 0.6 is 24.0 Å². The van der Waals surface area contributed by atoms with Crippen molar-refractivity contribution in [3.63, 3.8) is 0 Å². The molecule has 1 amide bonds. The van der Waals surface area contributed by atoms with Gasteiger partial charge in [-0.2, -0.15) is 0 Å². The van der Waals surface area contributed by atoms with Gasteiger partial charge in [0.15, 0.2) is 11.7 Å². The van der Waals surface area contributed by atoms with E-state index >= 15 is 0 Å². The van der Waals surface area contributed by atoms with Gasteiger partial charge in [0.05, 0.1) is 18.8 Å². The van der Waals surface area contributed by atoms with Crippen molar-refractivity contribution in [1.29, 1.82) is 0 Å². The normalized spacial score (nSPS) is 11.9. The minimum atomic E-state index is -0.248. The largest absolute Gasteiger partial charge is 0.359 e. The molecule has 0 radical (unpaired) electrons. The van der Waals surface area contributed by atoms with Gasteiger partial charge < -0.3 is 20.1 Å². The van der Waals surface area contributed by atoms with Crippen LogP contribution in [0.5, 0.6) is 0 Å². The van der Waals surface area contributed by atoms with E-state index in [1.807, 2.05) is 33.9 Å². The fourth-order valence-electron chi connectivity index (χ4n) is 1.98. The van der Waals surface area contributed by atoms with Crippen LogP contribution in [-0.4, -0.2) is 48.1 Å². The highest BCUT2D eigenvalue weighted by Crippen LogP contribution is 2.13. The van der Waals surface area contributed by atoms with Gasteiger partial charge in [-0.1, -0.05) is 19.0 Å². The van der Waals surface area contributed by atoms with Crippen molar-refractivity contribution in [2.24, 2.45) is 4.99 Å². The van der Waals surface area contributed by atoms with E-state index in [2.05, 4.69) is 34.6 Å². The Kier molecular flexibility index (Phi) is 9.31. The van der Waals surface area contributed by atoms with Crippen LogP contribution < -0.4 is 10.6 Å². The predicted molar refractivity (Wildman–Crippen MR) is 107 cm³/mol. The van der Waals surface area contributed by atoms with E-state index in [-0.39, 0.29) is 42.0 Å². The topological polar surface area (TPSA) is 82.8 Å². The van der Waals surface area contributed by atoms with Gasteiger partial charge in [-0.15, -0.1) is 24.0 Å². The van der Waals surface area contributed by atoms with Gasteiger partial charge in [0.1, 0.15) is 0 Å². The van der Waals surface area contributed by atoms with Crippen LogP contribution in [0.1, 0.15) is 52.0 Å². The number of nitrogens with zero attached hydrogens (tertiary/aromatic N) is 3. The van der Waals surface area contributed by atoms with E-state index in [0.717, 1.165) is 11.5 Å². The van der Waals surface area contributed by atoms with Gasteiger partial charge in [0.2, 0.25) is 5.91 Å². The second-order valence-corrected chi connectivity index (χ2v) is 6.93. The third kappa shape index (κ3) is 7.98. The van der Waals surface area contributed by atoms with Crippen LogP contribution in [0.3, 0.4) is 0 Å². The maximum atomic E-state index is 12.0. The molecule has 138 valence electrons. The van der Waals surface area contributed by atoms with Crippen LogP contribution in [0, 0.1) is 0 Å². The SMILES string of the molecule is CN=C(NCc1cc(C(C)C)no1)N(C)CC(=O)NC(C)(C)C.I. The summed E-state index contributed by atoms with van der Waals surface area (Å²) in [4.78, 5) is 17.9. The number of nitrogens with one attached hydrogen (secondary N) is 2. The molecule has 0 atom stereocenters. The second kappa shape index (κ2) is 9.85. The molecule has 0 aliphatic heterocycles. The molecule has 1 aromatic rings. The molecule has 8 heteroatoms.